The molecule has 0 saturated carbocycles. The first-order chi connectivity index (χ1) is 11.3. The fourth-order valence-electron chi connectivity index (χ4n) is 2.60. The van der Waals surface area contributed by atoms with Gasteiger partial charge in [-0.3, -0.25) is 4.98 Å². The summed E-state index contributed by atoms with van der Waals surface area (Å²) in [5, 5.41) is 2.87. The predicted octanol–water partition coefficient (Wildman–Crippen LogP) is 2.44. The number of benzene rings is 1. The van der Waals surface area contributed by atoms with Crippen LogP contribution in [0.25, 0.3) is 0 Å². The second-order valence-electron chi connectivity index (χ2n) is 5.34. The summed E-state index contributed by atoms with van der Waals surface area (Å²) in [6.07, 6.45) is 3.33. The van der Waals surface area contributed by atoms with Crippen LogP contribution in [0.1, 0.15) is 0 Å². The van der Waals surface area contributed by atoms with Crippen LogP contribution in [0.15, 0.2) is 48.8 Å². The molecule has 0 aliphatic carbocycles. The third kappa shape index (κ3) is 3.71. The maximum Gasteiger partial charge on any atom is 0.322 e. The summed E-state index contributed by atoms with van der Waals surface area (Å²) < 4.78 is 5.18. The number of aromatic nitrogens is 1. The molecule has 6 heteroatoms. The van der Waals surface area contributed by atoms with Crippen LogP contribution in [0, 0.1) is 0 Å². The summed E-state index contributed by atoms with van der Waals surface area (Å²) in [4.78, 5) is 20.3. The second-order valence-corrected chi connectivity index (χ2v) is 5.34. The first-order valence-electron chi connectivity index (χ1n) is 7.61. The largest absolute Gasteiger partial charge is 0.497 e. The molecule has 1 aliphatic rings. The highest BCUT2D eigenvalue weighted by atomic mass is 16.5. The van der Waals surface area contributed by atoms with Crippen molar-refractivity contribution >= 4 is 17.4 Å². The van der Waals surface area contributed by atoms with Crippen LogP contribution in [0.4, 0.5) is 16.2 Å². The first kappa shape index (κ1) is 15.1. The Bertz CT molecular complexity index is 637. The number of ether oxygens (including phenoxy) is 1. The smallest absolute Gasteiger partial charge is 0.322 e. The molecule has 1 saturated heterocycles. The molecule has 3 rings (SSSR count). The Morgan fingerprint density at radius 2 is 1.87 bits per heavy atom. The average Bonchev–Trinajstić information content (AvgIpc) is 2.63. The number of urea groups is 1. The molecule has 23 heavy (non-hydrogen) atoms. The van der Waals surface area contributed by atoms with Gasteiger partial charge in [0, 0.05) is 38.1 Å². The highest BCUT2D eigenvalue weighted by molar-refractivity contribution is 5.89. The summed E-state index contributed by atoms with van der Waals surface area (Å²) >= 11 is 0. The molecule has 0 unspecified atom stereocenters. The zero-order valence-electron chi connectivity index (χ0n) is 13.1. The lowest BCUT2D eigenvalue weighted by Crippen LogP contribution is -2.50. The number of carbonyl (C=O) groups excluding carboxylic acids is 1. The standard InChI is InChI=1S/C17H20N4O2/c1-23-16-6-4-15(5-7-16)20-9-11-21(12-10-20)17(22)19-14-3-2-8-18-13-14/h2-8,13H,9-12H2,1H3,(H,19,22). The quantitative estimate of drug-likeness (QED) is 0.946. The van der Waals surface area contributed by atoms with E-state index in [2.05, 4.69) is 15.2 Å². The van der Waals surface area contributed by atoms with Gasteiger partial charge in [-0.15, -0.1) is 0 Å². The van der Waals surface area contributed by atoms with Crippen LogP contribution >= 0.6 is 0 Å². The van der Waals surface area contributed by atoms with Crippen molar-refractivity contribution in [3.8, 4) is 5.75 Å². The van der Waals surface area contributed by atoms with E-state index in [4.69, 9.17) is 4.74 Å². The number of rotatable bonds is 3. The molecule has 120 valence electrons. The number of hydrogen-bond donors (Lipinski definition) is 1. The topological polar surface area (TPSA) is 57.7 Å². The van der Waals surface area contributed by atoms with Gasteiger partial charge >= 0.3 is 6.03 Å². The van der Waals surface area contributed by atoms with Gasteiger partial charge in [0.25, 0.3) is 0 Å². The molecular formula is C17H20N4O2. The Hall–Kier alpha value is -2.76. The molecule has 1 aromatic carbocycles. The van der Waals surface area contributed by atoms with Gasteiger partial charge < -0.3 is 19.9 Å². The van der Waals surface area contributed by atoms with E-state index in [9.17, 15) is 4.79 Å². The van der Waals surface area contributed by atoms with E-state index in [-0.39, 0.29) is 6.03 Å². The number of piperazine rings is 1. The third-order valence-corrected chi connectivity index (χ3v) is 3.92. The van der Waals surface area contributed by atoms with E-state index >= 15 is 0 Å². The van der Waals surface area contributed by atoms with E-state index in [1.165, 1.54) is 0 Å². The molecule has 6 nitrogen and oxygen atoms in total. The molecule has 0 atom stereocenters. The molecule has 0 spiro atoms. The lowest BCUT2D eigenvalue weighted by molar-refractivity contribution is 0.208. The van der Waals surface area contributed by atoms with Crippen LogP contribution in [-0.2, 0) is 0 Å². The van der Waals surface area contributed by atoms with Gasteiger partial charge in [-0.05, 0) is 36.4 Å². The Labute approximate surface area is 135 Å². The van der Waals surface area contributed by atoms with Gasteiger partial charge in [0.2, 0.25) is 0 Å². The van der Waals surface area contributed by atoms with Crippen LogP contribution < -0.4 is 15.0 Å². The lowest BCUT2D eigenvalue weighted by atomic mass is 10.2. The van der Waals surface area contributed by atoms with Crippen molar-refractivity contribution in [2.24, 2.45) is 0 Å². The second kappa shape index (κ2) is 7.00. The van der Waals surface area contributed by atoms with Crippen molar-refractivity contribution in [3.63, 3.8) is 0 Å². The maximum absolute atomic E-state index is 12.2. The van der Waals surface area contributed by atoms with Crippen LogP contribution in [0.3, 0.4) is 0 Å². The molecule has 2 aromatic rings. The number of nitrogens with zero attached hydrogens (tertiary/aromatic N) is 3. The van der Waals surface area contributed by atoms with Gasteiger partial charge in [0.05, 0.1) is 19.0 Å². The summed E-state index contributed by atoms with van der Waals surface area (Å²) in [5.74, 6) is 0.850. The Morgan fingerprint density at radius 3 is 2.48 bits per heavy atom. The molecule has 2 amide bonds. The highest BCUT2D eigenvalue weighted by Gasteiger charge is 2.21. The van der Waals surface area contributed by atoms with E-state index in [1.807, 2.05) is 35.2 Å². The Kier molecular flexibility index (Phi) is 4.61. The summed E-state index contributed by atoms with van der Waals surface area (Å²) in [5.41, 5.74) is 1.87. The summed E-state index contributed by atoms with van der Waals surface area (Å²) in [6.45, 7) is 3.01. The molecule has 1 N–H and O–H groups in total. The fraction of sp³-hybridized carbons (Fsp3) is 0.294. The van der Waals surface area contributed by atoms with Crippen molar-refractivity contribution in [2.45, 2.75) is 0 Å². The number of hydrogen-bond acceptors (Lipinski definition) is 4. The minimum absolute atomic E-state index is 0.0765. The zero-order chi connectivity index (χ0) is 16.1. The van der Waals surface area contributed by atoms with Crippen molar-refractivity contribution in [1.82, 2.24) is 9.88 Å². The normalized spacial score (nSPS) is 14.5. The van der Waals surface area contributed by atoms with Crippen LogP contribution in [0.5, 0.6) is 5.75 Å². The molecule has 1 aromatic heterocycles. The van der Waals surface area contributed by atoms with Crippen molar-refractivity contribution in [3.05, 3.63) is 48.8 Å². The van der Waals surface area contributed by atoms with Crippen LogP contribution in [0.2, 0.25) is 0 Å². The molecule has 0 radical (unpaired) electrons. The van der Waals surface area contributed by atoms with Gasteiger partial charge in [-0.25, -0.2) is 4.79 Å². The minimum atomic E-state index is -0.0765. The lowest BCUT2D eigenvalue weighted by Gasteiger charge is -2.36. The molecule has 1 aliphatic heterocycles. The summed E-state index contributed by atoms with van der Waals surface area (Å²) in [6, 6.07) is 11.6. The zero-order valence-corrected chi connectivity index (χ0v) is 13.1. The number of amides is 2. The summed E-state index contributed by atoms with van der Waals surface area (Å²) in [7, 11) is 1.66. The molecular weight excluding hydrogens is 292 g/mol. The molecule has 2 heterocycles. The van der Waals surface area contributed by atoms with E-state index in [0.29, 0.717) is 13.1 Å². The van der Waals surface area contributed by atoms with Gasteiger partial charge in [0.15, 0.2) is 0 Å². The van der Waals surface area contributed by atoms with Gasteiger partial charge in [-0.2, -0.15) is 0 Å². The number of pyridine rings is 1. The monoisotopic (exact) mass is 312 g/mol. The average molecular weight is 312 g/mol. The first-order valence-corrected chi connectivity index (χ1v) is 7.61. The Morgan fingerprint density at radius 1 is 1.13 bits per heavy atom. The number of nitrogens with one attached hydrogen (secondary N) is 1. The Balaban J connectivity index is 1.54. The fourth-order valence-corrected chi connectivity index (χ4v) is 2.60. The van der Waals surface area contributed by atoms with E-state index in [1.54, 1.807) is 25.6 Å². The third-order valence-electron chi connectivity index (χ3n) is 3.92. The minimum Gasteiger partial charge on any atom is -0.497 e. The van der Waals surface area contributed by atoms with E-state index in [0.717, 1.165) is 30.2 Å². The van der Waals surface area contributed by atoms with Crippen molar-refractivity contribution in [2.75, 3.05) is 43.5 Å². The number of anilines is 2. The van der Waals surface area contributed by atoms with Crippen molar-refractivity contribution < 1.29 is 9.53 Å². The van der Waals surface area contributed by atoms with Crippen molar-refractivity contribution in [1.29, 1.82) is 0 Å². The van der Waals surface area contributed by atoms with Crippen LogP contribution in [-0.4, -0.2) is 49.2 Å². The highest BCUT2D eigenvalue weighted by Crippen LogP contribution is 2.20. The number of methoxy groups -OCH3 is 1. The van der Waals surface area contributed by atoms with Gasteiger partial charge in [0.1, 0.15) is 5.75 Å². The maximum atomic E-state index is 12.2. The van der Waals surface area contributed by atoms with Gasteiger partial charge in [-0.1, -0.05) is 0 Å². The molecule has 1 fully saturated rings. The number of carbonyl (C=O) groups is 1. The predicted molar refractivity (Wildman–Crippen MR) is 90.0 cm³/mol. The molecule has 0 bridgehead atoms. The SMILES string of the molecule is COc1ccc(N2CCN(C(=O)Nc3cccnc3)CC2)cc1. The van der Waals surface area contributed by atoms with E-state index < -0.39 is 0 Å².